The van der Waals surface area contributed by atoms with E-state index in [1.807, 2.05) is 29.2 Å². The topological polar surface area (TPSA) is 32.3 Å². The first-order valence-electron chi connectivity index (χ1n) is 5.89. The van der Waals surface area contributed by atoms with Crippen LogP contribution in [0.2, 0.25) is 0 Å². The molecule has 1 heterocycles. The quantitative estimate of drug-likeness (QED) is 0.884. The number of benzene rings is 1. The standard InChI is InChI=1S/C13H18N2OS/c1-17-10-11-2-4-12(5-3-11)13(16)15-8-6-14-7-9-15/h2-5,14H,6-10H2,1H3. The molecule has 1 aromatic carbocycles. The van der Waals surface area contributed by atoms with Crippen molar-refractivity contribution in [3.05, 3.63) is 35.4 Å². The highest BCUT2D eigenvalue weighted by atomic mass is 32.2. The molecule has 1 saturated heterocycles. The zero-order chi connectivity index (χ0) is 12.1. The zero-order valence-electron chi connectivity index (χ0n) is 10.1. The summed E-state index contributed by atoms with van der Waals surface area (Å²) in [4.78, 5) is 14.1. The smallest absolute Gasteiger partial charge is 0.253 e. The SMILES string of the molecule is CSCc1ccc(C(=O)N2CCNCC2)cc1. The van der Waals surface area contributed by atoms with Gasteiger partial charge in [-0.1, -0.05) is 12.1 Å². The van der Waals surface area contributed by atoms with Crippen molar-refractivity contribution >= 4 is 17.7 Å². The van der Waals surface area contributed by atoms with E-state index in [2.05, 4.69) is 11.6 Å². The first kappa shape index (κ1) is 12.5. The maximum absolute atomic E-state index is 12.2. The van der Waals surface area contributed by atoms with E-state index in [9.17, 15) is 4.79 Å². The summed E-state index contributed by atoms with van der Waals surface area (Å²) >= 11 is 1.79. The van der Waals surface area contributed by atoms with Crippen LogP contribution < -0.4 is 5.32 Å². The van der Waals surface area contributed by atoms with Crippen molar-refractivity contribution in [1.82, 2.24) is 10.2 Å². The van der Waals surface area contributed by atoms with E-state index in [4.69, 9.17) is 0 Å². The van der Waals surface area contributed by atoms with E-state index in [1.165, 1.54) is 5.56 Å². The number of carbonyl (C=O) groups excluding carboxylic acids is 1. The van der Waals surface area contributed by atoms with Crippen LogP contribution >= 0.6 is 11.8 Å². The molecule has 4 heteroatoms. The molecular weight excluding hydrogens is 232 g/mol. The van der Waals surface area contributed by atoms with Crippen LogP contribution in [0.1, 0.15) is 15.9 Å². The second kappa shape index (κ2) is 6.07. The molecule has 0 aliphatic carbocycles. The number of hydrogen-bond donors (Lipinski definition) is 1. The molecule has 2 rings (SSSR count). The van der Waals surface area contributed by atoms with Crippen molar-refractivity contribution in [2.24, 2.45) is 0 Å². The third kappa shape index (κ3) is 3.23. The molecule has 17 heavy (non-hydrogen) atoms. The minimum absolute atomic E-state index is 0.155. The second-order valence-corrected chi connectivity index (χ2v) is 5.04. The van der Waals surface area contributed by atoms with Gasteiger partial charge in [0, 0.05) is 37.5 Å². The predicted octanol–water partition coefficient (Wildman–Crippen LogP) is 1.59. The number of rotatable bonds is 3. The summed E-state index contributed by atoms with van der Waals surface area (Å²) in [6, 6.07) is 7.98. The molecule has 0 saturated carbocycles. The molecule has 0 aromatic heterocycles. The molecule has 1 aliphatic heterocycles. The number of nitrogens with zero attached hydrogens (tertiary/aromatic N) is 1. The average Bonchev–Trinajstić information content (AvgIpc) is 2.40. The van der Waals surface area contributed by atoms with Gasteiger partial charge in [-0.05, 0) is 24.0 Å². The molecular formula is C13H18N2OS. The van der Waals surface area contributed by atoms with Gasteiger partial charge >= 0.3 is 0 Å². The Morgan fingerprint density at radius 1 is 1.29 bits per heavy atom. The lowest BCUT2D eigenvalue weighted by Crippen LogP contribution is -2.46. The van der Waals surface area contributed by atoms with Gasteiger partial charge in [0.1, 0.15) is 0 Å². The fourth-order valence-electron chi connectivity index (χ4n) is 1.96. The molecule has 1 N–H and O–H groups in total. The van der Waals surface area contributed by atoms with Crippen LogP contribution in [0.25, 0.3) is 0 Å². The van der Waals surface area contributed by atoms with E-state index in [-0.39, 0.29) is 5.91 Å². The normalized spacial score (nSPS) is 15.9. The van der Waals surface area contributed by atoms with Crippen molar-refractivity contribution in [2.75, 3.05) is 32.4 Å². The van der Waals surface area contributed by atoms with Gasteiger partial charge in [0.05, 0.1) is 0 Å². The van der Waals surface area contributed by atoms with Crippen molar-refractivity contribution < 1.29 is 4.79 Å². The molecule has 0 unspecified atom stereocenters. The lowest BCUT2D eigenvalue weighted by molar-refractivity contribution is 0.0736. The number of hydrogen-bond acceptors (Lipinski definition) is 3. The number of nitrogens with one attached hydrogen (secondary N) is 1. The Balaban J connectivity index is 2.03. The summed E-state index contributed by atoms with van der Waals surface area (Å²) < 4.78 is 0. The number of amides is 1. The molecule has 0 radical (unpaired) electrons. The van der Waals surface area contributed by atoms with Gasteiger partial charge in [-0.25, -0.2) is 0 Å². The molecule has 0 bridgehead atoms. The van der Waals surface area contributed by atoms with E-state index in [0.717, 1.165) is 37.5 Å². The monoisotopic (exact) mass is 250 g/mol. The van der Waals surface area contributed by atoms with Gasteiger partial charge in [0.15, 0.2) is 0 Å². The van der Waals surface area contributed by atoms with Crippen LogP contribution in [0.3, 0.4) is 0 Å². The Morgan fingerprint density at radius 3 is 2.53 bits per heavy atom. The Morgan fingerprint density at radius 2 is 1.94 bits per heavy atom. The highest BCUT2D eigenvalue weighted by molar-refractivity contribution is 7.97. The van der Waals surface area contributed by atoms with Gasteiger partial charge in [-0.3, -0.25) is 4.79 Å². The first-order chi connectivity index (χ1) is 8.31. The number of carbonyl (C=O) groups is 1. The third-order valence-electron chi connectivity index (χ3n) is 2.92. The molecule has 1 aromatic rings. The van der Waals surface area contributed by atoms with E-state index < -0.39 is 0 Å². The van der Waals surface area contributed by atoms with Crippen LogP contribution in [0, 0.1) is 0 Å². The van der Waals surface area contributed by atoms with Crippen LogP contribution in [0.5, 0.6) is 0 Å². The Bertz CT molecular complexity index is 372. The summed E-state index contributed by atoms with van der Waals surface area (Å²) in [5, 5.41) is 3.25. The lowest BCUT2D eigenvalue weighted by Gasteiger charge is -2.27. The minimum atomic E-state index is 0.155. The fourth-order valence-corrected chi connectivity index (χ4v) is 2.49. The van der Waals surface area contributed by atoms with Crippen LogP contribution in [-0.4, -0.2) is 43.2 Å². The summed E-state index contributed by atoms with van der Waals surface area (Å²) in [7, 11) is 0. The maximum atomic E-state index is 12.2. The summed E-state index contributed by atoms with van der Waals surface area (Å²) in [5.41, 5.74) is 2.08. The van der Waals surface area contributed by atoms with Gasteiger partial charge < -0.3 is 10.2 Å². The molecule has 0 atom stereocenters. The zero-order valence-corrected chi connectivity index (χ0v) is 10.9. The van der Waals surface area contributed by atoms with E-state index in [1.54, 1.807) is 11.8 Å². The van der Waals surface area contributed by atoms with Crippen LogP contribution in [0.4, 0.5) is 0 Å². The Kier molecular flexibility index (Phi) is 4.45. The van der Waals surface area contributed by atoms with Gasteiger partial charge in [0.25, 0.3) is 5.91 Å². The highest BCUT2D eigenvalue weighted by Gasteiger charge is 2.17. The number of piperazine rings is 1. The van der Waals surface area contributed by atoms with Gasteiger partial charge in [-0.15, -0.1) is 0 Å². The summed E-state index contributed by atoms with van der Waals surface area (Å²) in [6.45, 7) is 3.42. The maximum Gasteiger partial charge on any atom is 0.253 e. The van der Waals surface area contributed by atoms with Crippen molar-refractivity contribution in [1.29, 1.82) is 0 Å². The average molecular weight is 250 g/mol. The largest absolute Gasteiger partial charge is 0.336 e. The lowest BCUT2D eigenvalue weighted by atomic mass is 10.1. The first-order valence-corrected chi connectivity index (χ1v) is 7.28. The second-order valence-electron chi connectivity index (χ2n) is 4.17. The van der Waals surface area contributed by atoms with Crippen molar-refractivity contribution in [2.45, 2.75) is 5.75 Å². The predicted molar refractivity (Wildman–Crippen MR) is 72.4 cm³/mol. The Hall–Kier alpha value is -1.00. The van der Waals surface area contributed by atoms with Gasteiger partial charge in [0.2, 0.25) is 0 Å². The van der Waals surface area contributed by atoms with Crippen molar-refractivity contribution in [3.8, 4) is 0 Å². The molecule has 0 spiro atoms. The Labute approximate surface area is 107 Å². The fraction of sp³-hybridized carbons (Fsp3) is 0.462. The third-order valence-corrected chi connectivity index (χ3v) is 3.54. The molecule has 1 fully saturated rings. The summed E-state index contributed by atoms with van der Waals surface area (Å²) in [5.74, 6) is 1.16. The van der Waals surface area contributed by atoms with Crippen molar-refractivity contribution in [3.63, 3.8) is 0 Å². The molecule has 1 aliphatic rings. The molecule has 92 valence electrons. The van der Waals surface area contributed by atoms with Gasteiger partial charge in [-0.2, -0.15) is 11.8 Å². The summed E-state index contributed by atoms with van der Waals surface area (Å²) in [6.07, 6.45) is 2.08. The molecule has 1 amide bonds. The van der Waals surface area contributed by atoms with E-state index >= 15 is 0 Å². The number of thioether (sulfide) groups is 1. The molecule has 3 nitrogen and oxygen atoms in total. The highest BCUT2D eigenvalue weighted by Crippen LogP contribution is 2.12. The van der Waals surface area contributed by atoms with Crippen LogP contribution in [-0.2, 0) is 5.75 Å². The van der Waals surface area contributed by atoms with E-state index in [0.29, 0.717) is 0 Å². The minimum Gasteiger partial charge on any atom is -0.336 e. The van der Waals surface area contributed by atoms with Crippen LogP contribution in [0.15, 0.2) is 24.3 Å².